The zero-order valence-corrected chi connectivity index (χ0v) is 16.7. The summed E-state index contributed by atoms with van der Waals surface area (Å²) in [5.74, 6) is -0.322. The smallest absolute Gasteiger partial charge is 0.226 e. The Kier molecular flexibility index (Phi) is 6.67. The van der Waals surface area contributed by atoms with Crippen molar-refractivity contribution in [3.63, 3.8) is 0 Å². The molecule has 0 aliphatic carbocycles. The average molecular weight is 401 g/mol. The van der Waals surface area contributed by atoms with Crippen molar-refractivity contribution in [2.75, 3.05) is 11.9 Å². The lowest BCUT2D eigenvalue weighted by atomic mass is 9.94. The molecule has 1 aliphatic heterocycles. The third-order valence-electron chi connectivity index (χ3n) is 4.76. The molecule has 148 valence electrons. The second-order valence-corrected chi connectivity index (χ2v) is 7.66. The van der Waals surface area contributed by atoms with E-state index in [0.29, 0.717) is 18.1 Å². The standard InChI is InChI=1S/C21H25ClN4O2/c1-13(2)20(27)25-17-9-3-14(4-10-17)11-23-21(28)18-12-24-26-19(18)15-5-7-16(22)8-6-15/h3-10,13,18-19,24,26H,11-12H2,1-2H3,(H,23,28)(H,25,27). The van der Waals surface area contributed by atoms with Crippen LogP contribution in [0, 0.1) is 11.8 Å². The second kappa shape index (κ2) is 9.19. The van der Waals surface area contributed by atoms with Gasteiger partial charge in [-0.3, -0.25) is 15.0 Å². The van der Waals surface area contributed by atoms with E-state index in [1.165, 1.54) is 0 Å². The molecule has 2 aromatic carbocycles. The molecule has 7 heteroatoms. The van der Waals surface area contributed by atoms with Crippen LogP contribution in [0.1, 0.15) is 31.0 Å². The summed E-state index contributed by atoms with van der Waals surface area (Å²) in [7, 11) is 0. The molecule has 2 aromatic rings. The third kappa shape index (κ3) is 5.10. The van der Waals surface area contributed by atoms with E-state index in [2.05, 4.69) is 21.5 Å². The number of hydrazine groups is 1. The Bertz CT molecular complexity index is 821. The second-order valence-electron chi connectivity index (χ2n) is 7.22. The summed E-state index contributed by atoms with van der Waals surface area (Å²) < 4.78 is 0. The number of hydrogen-bond acceptors (Lipinski definition) is 4. The first-order valence-corrected chi connectivity index (χ1v) is 9.73. The molecule has 0 radical (unpaired) electrons. The van der Waals surface area contributed by atoms with Crippen LogP contribution in [0.2, 0.25) is 5.02 Å². The molecule has 3 rings (SSSR count). The molecular weight excluding hydrogens is 376 g/mol. The molecule has 2 unspecified atom stereocenters. The molecule has 0 saturated carbocycles. The van der Waals surface area contributed by atoms with Gasteiger partial charge in [-0.05, 0) is 35.4 Å². The topological polar surface area (TPSA) is 82.3 Å². The molecule has 2 amide bonds. The van der Waals surface area contributed by atoms with Gasteiger partial charge in [-0.15, -0.1) is 0 Å². The third-order valence-corrected chi connectivity index (χ3v) is 5.01. The van der Waals surface area contributed by atoms with Crippen LogP contribution in [0.25, 0.3) is 0 Å². The normalized spacial score (nSPS) is 18.9. The minimum Gasteiger partial charge on any atom is -0.352 e. The number of carbonyl (C=O) groups is 2. The summed E-state index contributed by atoms with van der Waals surface area (Å²) in [6.45, 7) is 4.69. The van der Waals surface area contributed by atoms with Crippen LogP contribution >= 0.6 is 11.6 Å². The Morgan fingerprint density at radius 3 is 2.43 bits per heavy atom. The Morgan fingerprint density at radius 2 is 1.79 bits per heavy atom. The molecule has 6 nitrogen and oxygen atoms in total. The van der Waals surface area contributed by atoms with Gasteiger partial charge in [0.25, 0.3) is 0 Å². The lowest BCUT2D eigenvalue weighted by Crippen LogP contribution is -2.34. The highest BCUT2D eigenvalue weighted by molar-refractivity contribution is 6.30. The van der Waals surface area contributed by atoms with E-state index in [4.69, 9.17) is 11.6 Å². The highest BCUT2D eigenvalue weighted by atomic mass is 35.5. The van der Waals surface area contributed by atoms with E-state index >= 15 is 0 Å². The van der Waals surface area contributed by atoms with Gasteiger partial charge in [0.15, 0.2) is 0 Å². The molecule has 0 aromatic heterocycles. The summed E-state index contributed by atoms with van der Waals surface area (Å²) in [6.07, 6.45) is 0. The van der Waals surface area contributed by atoms with E-state index in [0.717, 1.165) is 16.8 Å². The first-order chi connectivity index (χ1) is 13.4. The van der Waals surface area contributed by atoms with Crippen molar-refractivity contribution in [1.82, 2.24) is 16.2 Å². The van der Waals surface area contributed by atoms with Crippen molar-refractivity contribution in [2.45, 2.75) is 26.4 Å². The molecule has 1 heterocycles. The van der Waals surface area contributed by atoms with Gasteiger partial charge in [0.2, 0.25) is 11.8 Å². The molecular formula is C21H25ClN4O2. The van der Waals surface area contributed by atoms with E-state index in [-0.39, 0.29) is 29.7 Å². The number of halogens is 1. The van der Waals surface area contributed by atoms with Crippen LogP contribution in [-0.4, -0.2) is 18.4 Å². The predicted octanol–water partition coefficient (Wildman–Crippen LogP) is 3.02. The molecule has 1 aliphatic rings. The first kappa shape index (κ1) is 20.3. The van der Waals surface area contributed by atoms with Crippen LogP contribution in [0.5, 0.6) is 0 Å². The fourth-order valence-corrected chi connectivity index (χ4v) is 3.17. The maximum atomic E-state index is 12.7. The van der Waals surface area contributed by atoms with Gasteiger partial charge in [0, 0.05) is 29.7 Å². The van der Waals surface area contributed by atoms with Crippen LogP contribution in [-0.2, 0) is 16.1 Å². The number of carbonyl (C=O) groups excluding carboxylic acids is 2. The minimum atomic E-state index is -0.217. The predicted molar refractivity (Wildman–Crippen MR) is 111 cm³/mol. The van der Waals surface area contributed by atoms with Crippen molar-refractivity contribution < 1.29 is 9.59 Å². The van der Waals surface area contributed by atoms with Crippen molar-refractivity contribution in [2.24, 2.45) is 11.8 Å². The fourth-order valence-electron chi connectivity index (χ4n) is 3.04. The molecule has 28 heavy (non-hydrogen) atoms. The SMILES string of the molecule is CC(C)C(=O)Nc1ccc(CNC(=O)C2CNNC2c2ccc(Cl)cc2)cc1. The number of nitrogens with one attached hydrogen (secondary N) is 4. The first-order valence-electron chi connectivity index (χ1n) is 9.35. The molecule has 0 spiro atoms. The van der Waals surface area contributed by atoms with E-state index in [1.807, 2.05) is 62.4 Å². The molecule has 4 N–H and O–H groups in total. The van der Waals surface area contributed by atoms with Gasteiger partial charge in [-0.2, -0.15) is 0 Å². The Balaban J connectivity index is 1.56. The number of anilines is 1. The number of hydrogen-bond donors (Lipinski definition) is 4. The van der Waals surface area contributed by atoms with Crippen molar-refractivity contribution in [1.29, 1.82) is 0 Å². The highest BCUT2D eigenvalue weighted by Gasteiger charge is 2.33. The summed E-state index contributed by atoms with van der Waals surface area (Å²) in [4.78, 5) is 24.4. The fraction of sp³-hybridized carbons (Fsp3) is 0.333. The summed E-state index contributed by atoms with van der Waals surface area (Å²) in [5, 5.41) is 6.52. The quantitative estimate of drug-likeness (QED) is 0.600. The summed E-state index contributed by atoms with van der Waals surface area (Å²) >= 11 is 5.95. The molecule has 2 atom stereocenters. The largest absolute Gasteiger partial charge is 0.352 e. The van der Waals surface area contributed by atoms with Gasteiger partial charge < -0.3 is 10.6 Å². The van der Waals surface area contributed by atoms with Gasteiger partial charge >= 0.3 is 0 Å². The maximum absolute atomic E-state index is 12.7. The van der Waals surface area contributed by atoms with Crippen LogP contribution < -0.4 is 21.5 Å². The van der Waals surface area contributed by atoms with Gasteiger partial charge in [0.1, 0.15) is 0 Å². The van der Waals surface area contributed by atoms with Gasteiger partial charge in [-0.1, -0.05) is 49.7 Å². The zero-order chi connectivity index (χ0) is 20.1. The van der Waals surface area contributed by atoms with Crippen LogP contribution in [0.4, 0.5) is 5.69 Å². The monoisotopic (exact) mass is 400 g/mol. The van der Waals surface area contributed by atoms with E-state index in [1.54, 1.807) is 0 Å². The van der Waals surface area contributed by atoms with Crippen LogP contribution in [0.3, 0.4) is 0 Å². The lowest BCUT2D eigenvalue weighted by molar-refractivity contribution is -0.125. The lowest BCUT2D eigenvalue weighted by Gasteiger charge is -2.18. The summed E-state index contributed by atoms with van der Waals surface area (Å²) in [5.41, 5.74) is 8.96. The minimum absolute atomic E-state index is 0.0180. The molecule has 1 saturated heterocycles. The molecule has 1 fully saturated rings. The van der Waals surface area contributed by atoms with Crippen LogP contribution in [0.15, 0.2) is 48.5 Å². The Morgan fingerprint density at radius 1 is 1.11 bits per heavy atom. The summed E-state index contributed by atoms with van der Waals surface area (Å²) in [6, 6.07) is 14.9. The van der Waals surface area contributed by atoms with Crippen molar-refractivity contribution in [3.05, 3.63) is 64.7 Å². The van der Waals surface area contributed by atoms with E-state index < -0.39 is 0 Å². The number of benzene rings is 2. The Labute approximate surface area is 170 Å². The Hall–Kier alpha value is -2.41. The van der Waals surface area contributed by atoms with Gasteiger partial charge in [-0.25, -0.2) is 5.43 Å². The van der Waals surface area contributed by atoms with E-state index in [9.17, 15) is 9.59 Å². The average Bonchev–Trinajstić information content (AvgIpc) is 3.17. The number of amides is 2. The zero-order valence-electron chi connectivity index (χ0n) is 16.0. The molecule has 0 bridgehead atoms. The highest BCUT2D eigenvalue weighted by Crippen LogP contribution is 2.26. The number of rotatable bonds is 6. The maximum Gasteiger partial charge on any atom is 0.226 e. The van der Waals surface area contributed by atoms with Crippen molar-refractivity contribution >= 4 is 29.1 Å². The van der Waals surface area contributed by atoms with Crippen molar-refractivity contribution in [3.8, 4) is 0 Å². The van der Waals surface area contributed by atoms with Gasteiger partial charge in [0.05, 0.1) is 12.0 Å².